The van der Waals surface area contributed by atoms with Crippen molar-refractivity contribution in [3.8, 4) is 0 Å². The van der Waals surface area contributed by atoms with Crippen molar-refractivity contribution in [2.24, 2.45) is 0 Å². The van der Waals surface area contributed by atoms with Crippen molar-refractivity contribution in [1.29, 1.82) is 0 Å². The van der Waals surface area contributed by atoms with Gasteiger partial charge in [0.25, 0.3) is 0 Å². The molecule has 2 rings (SSSR count). The van der Waals surface area contributed by atoms with Gasteiger partial charge in [-0.1, -0.05) is 29.9 Å². The topological polar surface area (TPSA) is 0 Å². The number of hydrogen-bond acceptors (Lipinski definition) is 0. The Labute approximate surface area is 74.0 Å². The Morgan fingerprint density at radius 2 is 2.00 bits per heavy atom. The molecule has 0 amide bonds. The Morgan fingerprint density at radius 1 is 1.17 bits per heavy atom. The molecule has 0 bridgehead atoms. The van der Waals surface area contributed by atoms with Gasteiger partial charge in [0, 0.05) is 0 Å². The fraction of sp³-hybridized carbons (Fsp3) is 0.333. The van der Waals surface area contributed by atoms with Crippen LogP contribution < -0.4 is 0 Å². The van der Waals surface area contributed by atoms with Gasteiger partial charge in [0.05, 0.1) is 0 Å². The molecular weight excluding hydrogens is 144 g/mol. The van der Waals surface area contributed by atoms with Crippen LogP contribution >= 0.6 is 0 Å². The summed E-state index contributed by atoms with van der Waals surface area (Å²) in [7, 11) is 0. The normalized spacial score (nSPS) is 21.8. The summed E-state index contributed by atoms with van der Waals surface area (Å²) in [5.74, 6) is 0. The van der Waals surface area contributed by atoms with E-state index in [0.29, 0.717) is 0 Å². The summed E-state index contributed by atoms with van der Waals surface area (Å²) in [5, 5.41) is 0. The van der Waals surface area contributed by atoms with Crippen LogP contribution in [-0.2, 0) is 0 Å². The minimum Gasteiger partial charge on any atom is -0.0801 e. The van der Waals surface area contributed by atoms with Gasteiger partial charge in [0.2, 0.25) is 0 Å². The monoisotopic (exact) mass is 158 g/mol. The summed E-state index contributed by atoms with van der Waals surface area (Å²) in [6.45, 7) is 4.44. The predicted octanol–water partition coefficient (Wildman–Crippen LogP) is 3.54. The van der Waals surface area contributed by atoms with E-state index in [1.165, 1.54) is 22.3 Å². The van der Waals surface area contributed by atoms with Crippen LogP contribution in [0.2, 0.25) is 0 Å². The Balaban J connectivity index is 2.39. The maximum atomic E-state index is 2.32. The molecule has 2 aliphatic carbocycles. The van der Waals surface area contributed by atoms with Crippen LogP contribution in [0.25, 0.3) is 0 Å². The second kappa shape index (κ2) is 2.78. The van der Waals surface area contributed by atoms with Gasteiger partial charge in [0.1, 0.15) is 0 Å². The highest BCUT2D eigenvalue weighted by Crippen LogP contribution is 2.33. The fourth-order valence-electron chi connectivity index (χ4n) is 1.96. The molecular formula is C12H14. The number of allylic oxidation sites excluding steroid dienone is 8. The van der Waals surface area contributed by atoms with Crippen molar-refractivity contribution >= 4 is 0 Å². The summed E-state index contributed by atoms with van der Waals surface area (Å²) < 4.78 is 0. The SMILES string of the molecule is CC1=CCC(C)=C1C1=CCC=C1. The van der Waals surface area contributed by atoms with Crippen LogP contribution in [0.5, 0.6) is 0 Å². The lowest BCUT2D eigenvalue weighted by atomic mass is 10.00. The molecule has 0 aromatic heterocycles. The molecule has 0 N–H and O–H groups in total. The highest BCUT2D eigenvalue weighted by molar-refractivity contribution is 5.58. The van der Waals surface area contributed by atoms with Crippen molar-refractivity contribution in [2.75, 3.05) is 0 Å². The molecule has 0 saturated carbocycles. The molecule has 0 atom stereocenters. The van der Waals surface area contributed by atoms with Gasteiger partial charge in [-0.3, -0.25) is 0 Å². The van der Waals surface area contributed by atoms with Crippen LogP contribution in [0.3, 0.4) is 0 Å². The lowest BCUT2D eigenvalue weighted by molar-refractivity contribution is 1.23. The summed E-state index contributed by atoms with van der Waals surface area (Å²) in [6, 6.07) is 0. The van der Waals surface area contributed by atoms with E-state index in [-0.39, 0.29) is 0 Å². The highest BCUT2D eigenvalue weighted by Gasteiger charge is 2.14. The van der Waals surface area contributed by atoms with Crippen LogP contribution in [0.1, 0.15) is 26.7 Å². The Kier molecular flexibility index (Phi) is 1.76. The van der Waals surface area contributed by atoms with Gasteiger partial charge in [-0.15, -0.1) is 0 Å². The molecule has 0 radical (unpaired) electrons. The zero-order valence-electron chi connectivity index (χ0n) is 7.72. The molecule has 2 aliphatic rings. The van der Waals surface area contributed by atoms with E-state index in [2.05, 4.69) is 38.2 Å². The largest absolute Gasteiger partial charge is 0.0801 e. The molecule has 0 unspecified atom stereocenters. The van der Waals surface area contributed by atoms with E-state index in [1.807, 2.05) is 0 Å². The van der Waals surface area contributed by atoms with Crippen LogP contribution in [-0.4, -0.2) is 0 Å². The lowest BCUT2D eigenvalue weighted by Gasteiger charge is -2.05. The van der Waals surface area contributed by atoms with Gasteiger partial charge >= 0.3 is 0 Å². The predicted molar refractivity (Wildman–Crippen MR) is 52.9 cm³/mol. The molecule has 0 aromatic rings. The van der Waals surface area contributed by atoms with Gasteiger partial charge in [-0.25, -0.2) is 0 Å². The molecule has 12 heavy (non-hydrogen) atoms. The van der Waals surface area contributed by atoms with Crippen LogP contribution in [0.4, 0.5) is 0 Å². The van der Waals surface area contributed by atoms with Gasteiger partial charge < -0.3 is 0 Å². The van der Waals surface area contributed by atoms with E-state index in [1.54, 1.807) is 0 Å². The minimum absolute atomic E-state index is 1.11. The van der Waals surface area contributed by atoms with Crippen LogP contribution in [0, 0.1) is 0 Å². The number of rotatable bonds is 1. The second-order valence-electron chi connectivity index (χ2n) is 3.54. The summed E-state index contributed by atoms with van der Waals surface area (Å²) in [6.07, 6.45) is 11.3. The third-order valence-electron chi connectivity index (χ3n) is 2.60. The fourth-order valence-corrected chi connectivity index (χ4v) is 1.96. The maximum absolute atomic E-state index is 2.32. The van der Waals surface area contributed by atoms with E-state index in [0.717, 1.165) is 12.8 Å². The molecule has 0 aromatic carbocycles. The zero-order chi connectivity index (χ0) is 8.55. The first-order valence-corrected chi connectivity index (χ1v) is 4.53. The van der Waals surface area contributed by atoms with E-state index in [4.69, 9.17) is 0 Å². The van der Waals surface area contributed by atoms with Crippen molar-refractivity contribution in [2.45, 2.75) is 26.7 Å². The standard InChI is InChI=1S/C12H14/c1-9-7-8-10(2)12(9)11-5-3-4-6-11/h3,5-7H,4,8H2,1-2H3. The van der Waals surface area contributed by atoms with Crippen molar-refractivity contribution < 1.29 is 0 Å². The van der Waals surface area contributed by atoms with Gasteiger partial charge in [0.15, 0.2) is 0 Å². The third kappa shape index (κ3) is 1.08. The molecule has 0 heterocycles. The average molecular weight is 158 g/mol. The minimum atomic E-state index is 1.11. The van der Waals surface area contributed by atoms with Crippen molar-refractivity contribution in [3.63, 3.8) is 0 Å². The molecule has 0 fully saturated rings. The smallest absolute Gasteiger partial charge is 0.0126 e. The lowest BCUT2D eigenvalue weighted by Crippen LogP contribution is -1.86. The molecule has 0 spiro atoms. The van der Waals surface area contributed by atoms with E-state index >= 15 is 0 Å². The van der Waals surface area contributed by atoms with E-state index < -0.39 is 0 Å². The zero-order valence-corrected chi connectivity index (χ0v) is 7.72. The first-order valence-electron chi connectivity index (χ1n) is 4.53. The Morgan fingerprint density at radius 3 is 2.50 bits per heavy atom. The molecule has 0 saturated heterocycles. The number of hydrogen-bond donors (Lipinski definition) is 0. The average Bonchev–Trinajstić information content (AvgIpc) is 2.61. The highest BCUT2D eigenvalue weighted by atomic mass is 14.2. The molecule has 62 valence electrons. The Hall–Kier alpha value is -1.04. The summed E-state index contributed by atoms with van der Waals surface area (Å²) >= 11 is 0. The molecule has 0 nitrogen and oxygen atoms in total. The molecule has 0 heteroatoms. The van der Waals surface area contributed by atoms with Gasteiger partial charge in [-0.05, 0) is 43.4 Å². The quantitative estimate of drug-likeness (QED) is 0.547. The van der Waals surface area contributed by atoms with E-state index in [9.17, 15) is 0 Å². The van der Waals surface area contributed by atoms with Crippen LogP contribution in [0.15, 0.2) is 46.6 Å². The summed E-state index contributed by atoms with van der Waals surface area (Å²) in [5.41, 5.74) is 5.89. The summed E-state index contributed by atoms with van der Waals surface area (Å²) in [4.78, 5) is 0. The first-order chi connectivity index (χ1) is 5.79. The maximum Gasteiger partial charge on any atom is -0.0126 e. The van der Waals surface area contributed by atoms with Gasteiger partial charge in [-0.2, -0.15) is 0 Å². The van der Waals surface area contributed by atoms with Crippen molar-refractivity contribution in [1.82, 2.24) is 0 Å². The van der Waals surface area contributed by atoms with Crippen molar-refractivity contribution in [3.05, 3.63) is 46.6 Å². The Bertz CT molecular complexity index is 322. The molecule has 0 aliphatic heterocycles. The second-order valence-corrected chi connectivity index (χ2v) is 3.54. The first kappa shape index (κ1) is 7.60. The third-order valence-corrected chi connectivity index (χ3v) is 2.60.